The van der Waals surface area contributed by atoms with E-state index in [2.05, 4.69) is 20.9 Å². The maximum atomic E-state index is 12.5. The molecule has 0 spiro atoms. The third kappa shape index (κ3) is 2.10. The predicted molar refractivity (Wildman–Crippen MR) is 73.1 cm³/mol. The van der Waals surface area contributed by atoms with Gasteiger partial charge < -0.3 is 0 Å². The minimum atomic E-state index is -3.58. The van der Waals surface area contributed by atoms with Gasteiger partial charge in [-0.1, -0.05) is 6.92 Å². The molecule has 0 aliphatic carbocycles. The van der Waals surface area contributed by atoms with E-state index in [1.54, 1.807) is 25.3 Å². The van der Waals surface area contributed by atoms with E-state index in [-0.39, 0.29) is 4.90 Å². The van der Waals surface area contributed by atoms with Gasteiger partial charge in [0.25, 0.3) is 10.0 Å². The lowest BCUT2D eigenvalue weighted by atomic mass is 10.2. The summed E-state index contributed by atoms with van der Waals surface area (Å²) in [6.45, 7) is 3.80. The van der Waals surface area contributed by atoms with Crippen molar-refractivity contribution in [2.75, 3.05) is 0 Å². The van der Waals surface area contributed by atoms with Crippen LogP contribution >= 0.6 is 15.9 Å². The molecule has 0 bridgehead atoms. The van der Waals surface area contributed by atoms with Crippen LogP contribution in [-0.4, -0.2) is 17.4 Å². The van der Waals surface area contributed by atoms with Gasteiger partial charge in [-0.15, -0.1) is 0 Å². The van der Waals surface area contributed by atoms with E-state index in [0.717, 1.165) is 17.7 Å². The fraction of sp³-hybridized carbons (Fsp3) is 0.250. The summed E-state index contributed by atoms with van der Waals surface area (Å²) in [5, 5.41) is 0. The van der Waals surface area contributed by atoms with Crippen LogP contribution in [0.2, 0.25) is 0 Å². The first kappa shape index (κ1) is 13.3. The fourth-order valence-corrected chi connectivity index (χ4v) is 4.39. The summed E-state index contributed by atoms with van der Waals surface area (Å²) in [5.74, 6) is 0. The highest BCUT2D eigenvalue weighted by molar-refractivity contribution is 9.10. The van der Waals surface area contributed by atoms with Gasteiger partial charge >= 0.3 is 0 Å². The molecule has 0 radical (unpaired) electrons. The molecule has 6 heteroatoms. The van der Waals surface area contributed by atoms with Crippen LogP contribution in [0, 0.1) is 6.92 Å². The molecular weight excluding hydrogens is 316 g/mol. The van der Waals surface area contributed by atoms with E-state index in [1.807, 2.05) is 13.0 Å². The summed E-state index contributed by atoms with van der Waals surface area (Å²) >= 11 is 3.31. The van der Waals surface area contributed by atoms with Crippen molar-refractivity contribution in [3.05, 3.63) is 46.5 Å². The van der Waals surface area contributed by atoms with Gasteiger partial charge in [-0.2, -0.15) is 0 Å². The number of hydrogen-bond acceptors (Lipinski definition) is 3. The van der Waals surface area contributed by atoms with Crippen molar-refractivity contribution in [2.24, 2.45) is 0 Å². The van der Waals surface area contributed by atoms with Crippen LogP contribution in [-0.2, 0) is 16.4 Å². The molecule has 0 unspecified atom stereocenters. The Balaban J connectivity index is 2.66. The van der Waals surface area contributed by atoms with E-state index in [1.165, 1.54) is 10.2 Å². The van der Waals surface area contributed by atoms with Crippen molar-refractivity contribution < 1.29 is 8.42 Å². The second kappa shape index (κ2) is 4.85. The summed E-state index contributed by atoms with van der Waals surface area (Å²) in [4.78, 5) is 4.04. The van der Waals surface area contributed by atoms with Crippen molar-refractivity contribution in [1.29, 1.82) is 0 Å². The monoisotopic (exact) mass is 328 g/mol. The summed E-state index contributed by atoms with van der Waals surface area (Å²) in [7, 11) is -3.58. The molecule has 0 atom stereocenters. The van der Waals surface area contributed by atoms with E-state index in [0.29, 0.717) is 4.60 Å². The number of nitrogens with zero attached hydrogens (tertiary/aromatic N) is 2. The molecule has 2 aromatic heterocycles. The van der Waals surface area contributed by atoms with Gasteiger partial charge in [0.15, 0.2) is 0 Å². The van der Waals surface area contributed by atoms with Gasteiger partial charge in [0, 0.05) is 18.1 Å². The van der Waals surface area contributed by atoms with E-state index in [4.69, 9.17) is 0 Å². The van der Waals surface area contributed by atoms with E-state index < -0.39 is 10.0 Å². The van der Waals surface area contributed by atoms with Crippen LogP contribution in [0.4, 0.5) is 0 Å². The third-order valence-electron chi connectivity index (χ3n) is 2.81. The van der Waals surface area contributed by atoms with Crippen LogP contribution in [0.1, 0.15) is 18.2 Å². The van der Waals surface area contributed by atoms with Crippen LogP contribution < -0.4 is 0 Å². The molecule has 2 heterocycles. The first-order valence-corrected chi connectivity index (χ1v) is 7.74. The second-order valence-corrected chi connectivity index (χ2v) is 6.49. The molecule has 0 aliphatic rings. The summed E-state index contributed by atoms with van der Waals surface area (Å²) in [6, 6.07) is 4.99. The largest absolute Gasteiger partial charge is 0.270 e. The Kier molecular flexibility index (Phi) is 3.59. The lowest BCUT2D eigenvalue weighted by Crippen LogP contribution is -2.15. The fourth-order valence-electron chi connectivity index (χ4n) is 1.86. The van der Waals surface area contributed by atoms with Gasteiger partial charge in [0.05, 0.1) is 0 Å². The Morgan fingerprint density at radius 3 is 2.67 bits per heavy atom. The molecule has 2 rings (SSSR count). The SMILES string of the molecule is CCc1cc(Br)n(S(=O)(=O)c2cccnc2)c1C. The Morgan fingerprint density at radius 2 is 2.17 bits per heavy atom. The standard InChI is InChI=1S/C12H13BrN2O2S/c1-3-10-7-12(13)15(9(10)2)18(16,17)11-5-4-6-14-8-11/h4-8H,3H2,1-2H3. The quantitative estimate of drug-likeness (QED) is 0.870. The van der Waals surface area contributed by atoms with Crippen molar-refractivity contribution in [3.63, 3.8) is 0 Å². The first-order valence-electron chi connectivity index (χ1n) is 5.50. The Bertz CT molecular complexity index is 663. The maximum absolute atomic E-state index is 12.5. The third-order valence-corrected chi connectivity index (χ3v) is 5.42. The number of halogens is 1. The number of rotatable bonds is 3. The van der Waals surface area contributed by atoms with Gasteiger partial charge in [-0.05, 0) is 53.0 Å². The van der Waals surface area contributed by atoms with Crippen LogP contribution in [0.15, 0.2) is 40.1 Å². The topological polar surface area (TPSA) is 52.0 Å². The molecule has 0 saturated carbocycles. The Labute approximate surface area is 115 Å². The smallest absolute Gasteiger partial charge is 0.263 e. The molecule has 0 N–H and O–H groups in total. The van der Waals surface area contributed by atoms with Gasteiger partial charge in [0.2, 0.25) is 0 Å². The van der Waals surface area contributed by atoms with Gasteiger partial charge in [-0.3, -0.25) is 4.98 Å². The van der Waals surface area contributed by atoms with Crippen LogP contribution in [0.25, 0.3) is 0 Å². The lowest BCUT2D eigenvalue weighted by Gasteiger charge is -2.09. The number of pyridine rings is 1. The van der Waals surface area contributed by atoms with E-state index in [9.17, 15) is 8.42 Å². The number of aryl methyl sites for hydroxylation is 1. The van der Waals surface area contributed by atoms with Crippen molar-refractivity contribution in [2.45, 2.75) is 25.2 Å². The van der Waals surface area contributed by atoms with Crippen molar-refractivity contribution in [3.8, 4) is 0 Å². The molecule has 0 aliphatic heterocycles. The molecule has 2 aromatic rings. The maximum Gasteiger partial charge on any atom is 0.270 e. The molecular formula is C12H13BrN2O2S. The Morgan fingerprint density at radius 1 is 1.44 bits per heavy atom. The lowest BCUT2D eigenvalue weighted by molar-refractivity contribution is 0.584. The average Bonchev–Trinajstić information content (AvgIpc) is 2.65. The number of aromatic nitrogens is 2. The zero-order chi connectivity index (χ0) is 13.3. The molecule has 0 fully saturated rings. The summed E-state index contributed by atoms with van der Waals surface area (Å²) < 4.78 is 26.8. The molecule has 4 nitrogen and oxygen atoms in total. The van der Waals surface area contributed by atoms with Gasteiger partial charge in [0.1, 0.15) is 9.50 Å². The summed E-state index contributed by atoms with van der Waals surface area (Å²) in [5.41, 5.74) is 1.74. The van der Waals surface area contributed by atoms with Crippen LogP contribution in [0.5, 0.6) is 0 Å². The predicted octanol–water partition coefficient (Wildman–Crippen LogP) is 2.75. The number of hydrogen-bond donors (Lipinski definition) is 0. The molecule has 0 saturated heterocycles. The van der Waals surface area contributed by atoms with Gasteiger partial charge in [-0.25, -0.2) is 12.4 Å². The Hall–Kier alpha value is -1.14. The highest BCUT2D eigenvalue weighted by atomic mass is 79.9. The minimum Gasteiger partial charge on any atom is -0.263 e. The highest BCUT2D eigenvalue weighted by Gasteiger charge is 2.22. The van der Waals surface area contributed by atoms with E-state index >= 15 is 0 Å². The molecule has 0 aromatic carbocycles. The minimum absolute atomic E-state index is 0.187. The molecule has 0 amide bonds. The van der Waals surface area contributed by atoms with Crippen molar-refractivity contribution >= 4 is 26.0 Å². The second-order valence-electron chi connectivity index (χ2n) is 3.89. The highest BCUT2D eigenvalue weighted by Crippen LogP contribution is 2.26. The molecule has 96 valence electrons. The average molecular weight is 329 g/mol. The zero-order valence-electron chi connectivity index (χ0n) is 10.1. The first-order chi connectivity index (χ1) is 8.48. The summed E-state index contributed by atoms with van der Waals surface area (Å²) in [6.07, 6.45) is 3.70. The van der Waals surface area contributed by atoms with Crippen molar-refractivity contribution in [1.82, 2.24) is 8.96 Å². The van der Waals surface area contributed by atoms with Crippen LogP contribution in [0.3, 0.4) is 0 Å². The molecule has 18 heavy (non-hydrogen) atoms. The zero-order valence-corrected chi connectivity index (χ0v) is 12.5. The normalized spacial score (nSPS) is 11.7.